The molecule has 0 atom stereocenters. The Labute approximate surface area is 164 Å². The Hall–Kier alpha value is -2.34. The van der Waals surface area contributed by atoms with Crippen LogP contribution in [-0.4, -0.2) is 17.8 Å². The lowest BCUT2D eigenvalue weighted by molar-refractivity contribution is -0.122. The molecule has 1 aliphatic rings. The van der Waals surface area contributed by atoms with Crippen LogP contribution in [0.5, 0.6) is 0 Å². The predicted molar refractivity (Wildman–Crippen MR) is 102 cm³/mol. The smallest absolute Gasteiger partial charge is 0.273 e. The molecule has 8 heteroatoms. The highest BCUT2D eigenvalue weighted by Gasteiger charge is 2.37. The van der Waals surface area contributed by atoms with Gasteiger partial charge in [-0.05, 0) is 48.4 Å². The van der Waals surface area contributed by atoms with Gasteiger partial charge in [-0.25, -0.2) is 9.69 Å². The number of hydrogen-bond donors (Lipinski definition) is 1. The number of nitrogens with one attached hydrogen (secondary N) is 1. The molecule has 2 aromatic carbocycles. The van der Waals surface area contributed by atoms with Crippen LogP contribution in [0.2, 0.25) is 15.1 Å². The van der Waals surface area contributed by atoms with Crippen LogP contribution in [0.1, 0.15) is 11.1 Å². The Balaban J connectivity index is 2.05. The van der Waals surface area contributed by atoms with Crippen LogP contribution in [0.4, 0.5) is 10.5 Å². The molecule has 1 heterocycles. The summed E-state index contributed by atoms with van der Waals surface area (Å²) in [7, 11) is 0. The third-order valence-corrected chi connectivity index (χ3v) is 4.75. The second-order valence-corrected chi connectivity index (χ2v) is 6.81. The molecule has 1 N–H and O–H groups in total. The number of carbonyl (C=O) groups is 3. The topological polar surface area (TPSA) is 66.5 Å². The average Bonchev–Trinajstić information content (AvgIpc) is 2.56. The van der Waals surface area contributed by atoms with Crippen LogP contribution >= 0.6 is 34.8 Å². The first-order valence-corrected chi connectivity index (χ1v) is 8.54. The Morgan fingerprint density at radius 1 is 0.962 bits per heavy atom. The molecule has 1 aliphatic heterocycles. The first-order chi connectivity index (χ1) is 12.3. The van der Waals surface area contributed by atoms with Crippen LogP contribution in [-0.2, 0) is 9.59 Å². The van der Waals surface area contributed by atoms with Gasteiger partial charge in [-0.3, -0.25) is 14.9 Å². The summed E-state index contributed by atoms with van der Waals surface area (Å²) in [6.07, 6.45) is 1.31. The zero-order valence-electron chi connectivity index (χ0n) is 13.3. The molecule has 0 aromatic heterocycles. The standard InChI is InChI=1S/C18H11Cl3N2O3/c1-9-2-5-12(8-14(9)20)23-17(25)13(16(24)22-18(23)26)6-10-3-4-11(19)7-15(10)21/h2-8H,1H3,(H,22,24,26)/b13-6-. The van der Waals surface area contributed by atoms with Crippen LogP contribution in [0.15, 0.2) is 42.0 Å². The van der Waals surface area contributed by atoms with Gasteiger partial charge >= 0.3 is 6.03 Å². The normalized spacial score (nSPS) is 16.2. The number of amides is 4. The van der Waals surface area contributed by atoms with Gasteiger partial charge < -0.3 is 0 Å². The number of benzene rings is 2. The summed E-state index contributed by atoms with van der Waals surface area (Å²) in [5, 5.41) is 3.22. The van der Waals surface area contributed by atoms with Gasteiger partial charge in [-0.15, -0.1) is 0 Å². The minimum atomic E-state index is -0.848. The summed E-state index contributed by atoms with van der Waals surface area (Å²) < 4.78 is 0. The maximum atomic E-state index is 12.8. The lowest BCUT2D eigenvalue weighted by Crippen LogP contribution is -2.54. The molecule has 0 aliphatic carbocycles. The van der Waals surface area contributed by atoms with Gasteiger partial charge in [-0.1, -0.05) is 46.9 Å². The fraction of sp³-hybridized carbons (Fsp3) is 0.0556. The Morgan fingerprint density at radius 3 is 2.35 bits per heavy atom. The molecule has 0 spiro atoms. The van der Waals surface area contributed by atoms with E-state index in [0.29, 0.717) is 15.6 Å². The van der Waals surface area contributed by atoms with E-state index in [1.54, 1.807) is 31.2 Å². The van der Waals surface area contributed by atoms with Crippen molar-refractivity contribution < 1.29 is 14.4 Å². The monoisotopic (exact) mass is 408 g/mol. The lowest BCUT2D eigenvalue weighted by atomic mass is 10.1. The largest absolute Gasteiger partial charge is 0.335 e. The number of nitrogens with zero attached hydrogens (tertiary/aromatic N) is 1. The van der Waals surface area contributed by atoms with Crippen LogP contribution in [0.3, 0.4) is 0 Å². The molecule has 3 rings (SSSR count). The number of anilines is 1. The van der Waals surface area contributed by atoms with Crippen LogP contribution in [0.25, 0.3) is 6.08 Å². The molecule has 26 heavy (non-hydrogen) atoms. The van der Waals surface area contributed by atoms with Crippen molar-refractivity contribution >= 4 is 64.4 Å². The summed E-state index contributed by atoms with van der Waals surface area (Å²) in [5.74, 6) is -1.58. The number of hydrogen-bond acceptors (Lipinski definition) is 3. The Kier molecular flexibility index (Phi) is 5.05. The number of imide groups is 2. The Bertz CT molecular complexity index is 986. The lowest BCUT2D eigenvalue weighted by Gasteiger charge is -2.26. The first-order valence-electron chi connectivity index (χ1n) is 7.40. The first kappa shape index (κ1) is 18.5. The summed E-state index contributed by atoms with van der Waals surface area (Å²) in [4.78, 5) is 38.0. The Morgan fingerprint density at radius 2 is 1.69 bits per heavy atom. The summed E-state index contributed by atoms with van der Waals surface area (Å²) >= 11 is 18.0. The molecule has 4 amide bonds. The van der Waals surface area contributed by atoms with Crippen molar-refractivity contribution in [2.45, 2.75) is 6.92 Å². The van der Waals surface area contributed by atoms with E-state index in [4.69, 9.17) is 34.8 Å². The predicted octanol–water partition coefficient (Wildman–Crippen LogP) is 4.62. The van der Waals surface area contributed by atoms with Gasteiger partial charge in [0.25, 0.3) is 11.8 Å². The van der Waals surface area contributed by atoms with Crippen molar-refractivity contribution in [2.75, 3.05) is 4.90 Å². The van der Waals surface area contributed by atoms with Crippen LogP contribution < -0.4 is 10.2 Å². The number of urea groups is 1. The molecule has 132 valence electrons. The number of carbonyl (C=O) groups excluding carboxylic acids is 3. The molecule has 2 aromatic rings. The fourth-order valence-corrected chi connectivity index (χ4v) is 3.02. The van der Waals surface area contributed by atoms with Gasteiger partial charge in [0.1, 0.15) is 5.57 Å². The minimum absolute atomic E-state index is 0.231. The molecule has 0 bridgehead atoms. The molecule has 0 radical (unpaired) electrons. The minimum Gasteiger partial charge on any atom is -0.273 e. The van der Waals surface area contributed by atoms with Crippen LogP contribution in [0, 0.1) is 6.92 Å². The summed E-state index contributed by atoms with van der Waals surface area (Å²) in [6, 6.07) is 8.52. The van der Waals surface area contributed by atoms with E-state index in [2.05, 4.69) is 5.32 Å². The van der Waals surface area contributed by atoms with Crippen molar-refractivity contribution in [2.24, 2.45) is 0 Å². The summed E-state index contributed by atoms with van der Waals surface area (Å²) in [6.45, 7) is 1.79. The zero-order valence-corrected chi connectivity index (χ0v) is 15.6. The molecule has 1 fully saturated rings. The third-order valence-electron chi connectivity index (χ3n) is 3.78. The van der Waals surface area contributed by atoms with Crippen molar-refractivity contribution in [3.63, 3.8) is 0 Å². The van der Waals surface area contributed by atoms with E-state index in [9.17, 15) is 14.4 Å². The van der Waals surface area contributed by atoms with E-state index in [1.165, 1.54) is 18.2 Å². The van der Waals surface area contributed by atoms with E-state index >= 15 is 0 Å². The number of aryl methyl sites for hydroxylation is 1. The van der Waals surface area contributed by atoms with E-state index in [-0.39, 0.29) is 16.3 Å². The maximum Gasteiger partial charge on any atom is 0.335 e. The quantitative estimate of drug-likeness (QED) is 0.581. The second-order valence-electron chi connectivity index (χ2n) is 5.56. The van der Waals surface area contributed by atoms with E-state index in [1.807, 2.05) is 0 Å². The van der Waals surface area contributed by atoms with Gasteiger partial charge in [-0.2, -0.15) is 0 Å². The highest BCUT2D eigenvalue weighted by atomic mass is 35.5. The highest BCUT2D eigenvalue weighted by molar-refractivity contribution is 6.40. The SMILES string of the molecule is Cc1ccc(N2C(=O)NC(=O)/C(=C/c3ccc(Cl)cc3Cl)C2=O)cc1Cl. The highest BCUT2D eigenvalue weighted by Crippen LogP contribution is 2.28. The zero-order chi connectivity index (χ0) is 19.0. The molecule has 5 nitrogen and oxygen atoms in total. The van der Waals surface area contributed by atoms with Gasteiger partial charge in [0.05, 0.1) is 5.69 Å². The van der Waals surface area contributed by atoms with Crippen molar-refractivity contribution in [3.05, 3.63) is 68.2 Å². The molecule has 0 saturated carbocycles. The van der Waals surface area contributed by atoms with Crippen molar-refractivity contribution in [1.29, 1.82) is 0 Å². The molecular weight excluding hydrogens is 399 g/mol. The number of barbiturate groups is 1. The van der Waals surface area contributed by atoms with Gasteiger partial charge in [0.2, 0.25) is 0 Å². The van der Waals surface area contributed by atoms with Gasteiger partial charge in [0, 0.05) is 15.1 Å². The van der Waals surface area contributed by atoms with E-state index < -0.39 is 17.8 Å². The third kappa shape index (κ3) is 3.46. The van der Waals surface area contributed by atoms with E-state index in [0.717, 1.165) is 10.5 Å². The second kappa shape index (κ2) is 7.11. The number of halogens is 3. The average molecular weight is 410 g/mol. The van der Waals surface area contributed by atoms with Gasteiger partial charge in [0.15, 0.2) is 0 Å². The summed E-state index contributed by atoms with van der Waals surface area (Å²) in [5.41, 5.74) is 1.24. The molecule has 0 unspecified atom stereocenters. The van der Waals surface area contributed by atoms with Crippen molar-refractivity contribution in [3.8, 4) is 0 Å². The number of rotatable bonds is 2. The molecule has 1 saturated heterocycles. The fourth-order valence-electron chi connectivity index (χ4n) is 2.39. The molecular formula is C18H11Cl3N2O3. The maximum absolute atomic E-state index is 12.8. The van der Waals surface area contributed by atoms with Crippen molar-refractivity contribution in [1.82, 2.24) is 5.32 Å².